The highest BCUT2D eigenvalue weighted by molar-refractivity contribution is 7.89. The molecule has 2 heterocycles. The highest BCUT2D eigenvalue weighted by Gasteiger charge is 2.39. The van der Waals surface area contributed by atoms with Crippen LogP contribution in [-0.2, 0) is 10.0 Å². The maximum Gasteiger partial charge on any atom is 0.333 e. The number of likely N-dealkylation sites (tertiary alicyclic amines) is 1. The molecule has 11 heteroatoms. The second-order valence-corrected chi connectivity index (χ2v) is 9.55. The minimum absolute atomic E-state index is 0.104. The van der Waals surface area contributed by atoms with Gasteiger partial charge in [-0.15, -0.1) is 0 Å². The Labute approximate surface area is 170 Å². The number of carbonyl (C=O) groups is 2. The molecule has 10 nitrogen and oxygen atoms in total. The van der Waals surface area contributed by atoms with Gasteiger partial charge < -0.3 is 20.9 Å². The summed E-state index contributed by atoms with van der Waals surface area (Å²) in [6.45, 7) is 1.64. The number of carbonyl (C=O) groups excluding carboxylic acids is 2. The van der Waals surface area contributed by atoms with Crippen molar-refractivity contribution in [2.24, 2.45) is 10.7 Å². The number of piperidine rings is 1. The molecule has 0 unspecified atom stereocenters. The van der Waals surface area contributed by atoms with Crippen molar-refractivity contribution in [1.82, 2.24) is 19.4 Å². The fourth-order valence-electron chi connectivity index (χ4n) is 3.52. The van der Waals surface area contributed by atoms with Crippen LogP contribution in [0.2, 0.25) is 0 Å². The van der Waals surface area contributed by atoms with Crippen molar-refractivity contribution < 1.29 is 18.0 Å². The van der Waals surface area contributed by atoms with E-state index in [9.17, 15) is 18.0 Å². The number of hydrogen-bond acceptors (Lipinski definition) is 7. The quantitative estimate of drug-likeness (QED) is 0.699. The minimum atomic E-state index is -4.06. The van der Waals surface area contributed by atoms with Gasteiger partial charge in [-0.1, -0.05) is 6.07 Å². The van der Waals surface area contributed by atoms with Gasteiger partial charge in [0, 0.05) is 39.8 Å². The molecular formula is C18H26N6O4S. The molecule has 0 atom stereocenters. The van der Waals surface area contributed by atoms with Crippen molar-refractivity contribution in [3.8, 4) is 0 Å². The van der Waals surface area contributed by atoms with Crippen LogP contribution in [0.25, 0.3) is 0 Å². The highest BCUT2D eigenvalue weighted by Crippen LogP contribution is 2.27. The van der Waals surface area contributed by atoms with Crippen molar-refractivity contribution in [1.29, 1.82) is 0 Å². The summed E-state index contributed by atoms with van der Waals surface area (Å²) in [4.78, 5) is 31.9. The number of nitrogens with two attached hydrogens (primary N) is 1. The molecule has 2 aliphatic heterocycles. The average molecular weight is 423 g/mol. The van der Waals surface area contributed by atoms with Gasteiger partial charge in [-0.25, -0.2) is 17.5 Å². The number of amides is 3. The van der Waals surface area contributed by atoms with Gasteiger partial charge in [0.15, 0.2) is 5.96 Å². The summed E-state index contributed by atoms with van der Waals surface area (Å²) < 4.78 is 26.2. The van der Waals surface area contributed by atoms with Gasteiger partial charge in [-0.3, -0.25) is 9.79 Å². The normalized spacial score (nSPS) is 18.2. The summed E-state index contributed by atoms with van der Waals surface area (Å²) in [5.74, 6) is 0.185. The Morgan fingerprint density at radius 1 is 1.21 bits per heavy atom. The molecule has 29 heavy (non-hydrogen) atoms. The molecule has 158 valence electrons. The Morgan fingerprint density at radius 2 is 1.86 bits per heavy atom. The zero-order valence-electron chi connectivity index (χ0n) is 16.8. The number of aliphatic imine (C=N–C) groups is 1. The van der Waals surface area contributed by atoms with E-state index in [2.05, 4.69) is 10.3 Å². The van der Waals surface area contributed by atoms with Crippen molar-refractivity contribution in [2.45, 2.75) is 23.3 Å². The molecule has 1 saturated heterocycles. The SMILES string of the molecule is CN(C)C(=O)N(C)S(=O)(=O)c1cccc(C(=O)N2CCC3(CC2)CN=C(N)N3)c1. The van der Waals surface area contributed by atoms with Crippen LogP contribution in [0.15, 0.2) is 34.2 Å². The van der Waals surface area contributed by atoms with Crippen LogP contribution >= 0.6 is 0 Å². The molecule has 3 amide bonds. The van der Waals surface area contributed by atoms with Crippen LogP contribution < -0.4 is 11.1 Å². The lowest BCUT2D eigenvalue weighted by Crippen LogP contribution is -2.55. The van der Waals surface area contributed by atoms with E-state index in [4.69, 9.17) is 5.73 Å². The Morgan fingerprint density at radius 3 is 2.41 bits per heavy atom. The summed E-state index contributed by atoms with van der Waals surface area (Å²) in [5, 5.41) is 3.20. The van der Waals surface area contributed by atoms with Crippen LogP contribution in [0, 0.1) is 0 Å². The second-order valence-electron chi connectivity index (χ2n) is 7.58. The molecule has 3 N–H and O–H groups in total. The fourth-order valence-corrected chi connectivity index (χ4v) is 4.73. The monoisotopic (exact) mass is 422 g/mol. The molecule has 1 spiro atoms. The predicted octanol–water partition coefficient (Wildman–Crippen LogP) is -0.119. The third kappa shape index (κ3) is 4.00. The number of nitrogens with zero attached hydrogens (tertiary/aromatic N) is 4. The molecule has 1 aromatic rings. The minimum Gasteiger partial charge on any atom is -0.370 e. The summed E-state index contributed by atoms with van der Waals surface area (Å²) >= 11 is 0. The van der Waals surface area contributed by atoms with Crippen LogP contribution in [0.4, 0.5) is 4.79 Å². The molecule has 0 aromatic heterocycles. The van der Waals surface area contributed by atoms with Gasteiger partial charge >= 0.3 is 6.03 Å². The van der Waals surface area contributed by atoms with E-state index >= 15 is 0 Å². The second kappa shape index (κ2) is 7.54. The van der Waals surface area contributed by atoms with Gasteiger partial charge in [0.1, 0.15) is 0 Å². The van der Waals surface area contributed by atoms with Crippen LogP contribution in [0.5, 0.6) is 0 Å². The Kier molecular flexibility index (Phi) is 5.44. The molecule has 1 aromatic carbocycles. The number of benzene rings is 1. The zero-order valence-corrected chi connectivity index (χ0v) is 17.6. The first-order valence-corrected chi connectivity index (χ1v) is 10.7. The van der Waals surface area contributed by atoms with Crippen LogP contribution in [-0.4, -0.2) is 86.7 Å². The summed E-state index contributed by atoms with van der Waals surface area (Å²) in [7, 11) is 0.0662. The number of hydrogen-bond donors (Lipinski definition) is 2. The van der Waals surface area contributed by atoms with E-state index in [1.807, 2.05) is 0 Å². The smallest absolute Gasteiger partial charge is 0.333 e. The molecule has 1 fully saturated rings. The van der Waals surface area contributed by atoms with E-state index < -0.39 is 16.1 Å². The summed E-state index contributed by atoms with van der Waals surface area (Å²) in [6.07, 6.45) is 1.42. The third-order valence-corrected chi connectivity index (χ3v) is 7.07. The third-order valence-electron chi connectivity index (χ3n) is 5.34. The Bertz CT molecular complexity index is 951. The van der Waals surface area contributed by atoms with Crippen LogP contribution in [0.3, 0.4) is 0 Å². The number of urea groups is 1. The number of sulfonamides is 1. The van der Waals surface area contributed by atoms with E-state index in [-0.39, 0.29) is 21.9 Å². The maximum absolute atomic E-state index is 12.9. The number of rotatable bonds is 3. The number of guanidine groups is 1. The standard InChI is InChI=1S/C18H26N6O4S/c1-22(2)17(26)23(3)29(27,28)14-6-4-5-13(11-14)15(25)24-9-7-18(8-10-24)12-20-16(19)21-18/h4-6,11H,7-10,12H2,1-3H3,(H3,19,20,21). The zero-order chi connectivity index (χ0) is 21.4. The van der Waals surface area contributed by atoms with E-state index in [0.717, 1.165) is 0 Å². The van der Waals surface area contributed by atoms with E-state index in [1.54, 1.807) is 11.0 Å². The lowest BCUT2D eigenvalue weighted by atomic mass is 9.88. The molecule has 0 bridgehead atoms. The number of nitrogens with one attached hydrogen (secondary N) is 1. The lowest BCUT2D eigenvalue weighted by Gasteiger charge is -2.39. The van der Waals surface area contributed by atoms with Gasteiger partial charge in [0.2, 0.25) is 0 Å². The molecule has 0 saturated carbocycles. The Hall–Kier alpha value is -2.82. The first-order chi connectivity index (χ1) is 13.6. The van der Waals surface area contributed by atoms with Gasteiger partial charge in [0.05, 0.1) is 17.0 Å². The maximum atomic E-state index is 12.9. The fraction of sp³-hybridized carbons (Fsp3) is 0.500. The van der Waals surface area contributed by atoms with Crippen molar-refractivity contribution in [3.05, 3.63) is 29.8 Å². The van der Waals surface area contributed by atoms with E-state index in [0.29, 0.717) is 42.7 Å². The Balaban J connectivity index is 1.74. The van der Waals surface area contributed by atoms with Crippen molar-refractivity contribution in [3.63, 3.8) is 0 Å². The predicted molar refractivity (Wildman–Crippen MR) is 108 cm³/mol. The highest BCUT2D eigenvalue weighted by atomic mass is 32.2. The topological polar surface area (TPSA) is 128 Å². The van der Waals surface area contributed by atoms with E-state index in [1.165, 1.54) is 44.2 Å². The first kappa shape index (κ1) is 20.9. The molecule has 3 rings (SSSR count). The lowest BCUT2D eigenvalue weighted by molar-refractivity contribution is 0.0668. The molecular weight excluding hydrogens is 396 g/mol. The van der Waals surface area contributed by atoms with Gasteiger partial charge in [-0.05, 0) is 31.0 Å². The van der Waals surface area contributed by atoms with Crippen molar-refractivity contribution in [2.75, 3.05) is 40.8 Å². The first-order valence-electron chi connectivity index (χ1n) is 9.23. The van der Waals surface area contributed by atoms with Gasteiger partial charge in [-0.2, -0.15) is 0 Å². The average Bonchev–Trinajstić information content (AvgIpc) is 3.06. The molecule has 2 aliphatic rings. The molecule has 0 radical (unpaired) electrons. The van der Waals surface area contributed by atoms with Gasteiger partial charge in [0.25, 0.3) is 15.9 Å². The van der Waals surface area contributed by atoms with Crippen molar-refractivity contribution >= 4 is 27.9 Å². The van der Waals surface area contributed by atoms with Crippen LogP contribution in [0.1, 0.15) is 23.2 Å². The molecule has 0 aliphatic carbocycles. The largest absolute Gasteiger partial charge is 0.370 e. The summed E-state index contributed by atoms with van der Waals surface area (Å²) in [5.41, 5.74) is 5.79. The summed E-state index contributed by atoms with van der Waals surface area (Å²) in [6, 6.07) is 5.10.